The van der Waals surface area contributed by atoms with Gasteiger partial charge in [0, 0.05) is 37.9 Å². The Morgan fingerprint density at radius 3 is 2.17 bits per heavy atom. The van der Waals surface area contributed by atoms with Crippen LogP contribution in [0.2, 0.25) is 0 Å². The molecule has 2 heterocycles. The Morgan fingerprint density at radius 1 is 0.976 bits per heavy atom. The van der Waals surface area contributed by atoms with Gasteiger partial charge in [-0.1, -0.05) is 0 Å². The van der Waals surface area contributed by atoms with E-state index in [9.17, 15) is 30.8 Å². The molecule has 1 fully saturated rings. The van der Waals surface area contributed by atoms with E-state index in [1.54, 1.807) is 6.92 Å². The van der Waals surface area contributed by atoms with Gasteiger partial charge in [-0.25, -0.2) is 22.6 Å². The number of anilines is 3. The van der Waals surface area contributed by atoms with Crippen LogP contribution >= 0.6 is 0 Å². The summed E-state index contributed by atoms with van der Waals surface area (Å²) >= 11 is 0. The van der Waals surface area contributed by atoms with Crippen molar-refractivity contribution in [1.29, 1.82) is 0 Å². The first-order valence-electron chi connectivity index (χ1n) is 12.9. The third-order valence-electron chi connectivity index (χ3n) is 6.24. The maximum Gasteiger partial charge on any atom is 0.433 e. The van der Waals surface area contributed by atoms with Gasteiger partial charge in [-0.15, -0.1) is 0 Å². The Bertz CT molecular complexity index is 1510. The third-order valence-corrected chi connectivity index (χ3v) is 8.16. The molecule has 0 atom stereocenters. The summed E-state index contributed by atoms with van der Waals surface area (Å²) in [6.45, 7) is 4.93. The molecule has 0 radical (unpaired) electrons. The molecular weight excluding hydrogens is 582 g/mol. The molecule has 0 amide bonds. The average molecular weight is 612 g/mol. The lowest BCUT2D eigenvalue weighted by molar-refractivity contribution is -0.158. The van der Waals surface area contributed by atoms with Crippen LogP contribution in [0.3, 0.4) is 0 Å². The SMILES string of the molecule is CCOC(=O)C(C)(C)Oc1ccc(S(=O)(=O)N2CCN(c3nc(Nc4ccc(F)cc4)cc(C(F)(F)F)n3)CC2)cc1. The Kier molecular flexibility index (Phi) is 8.92. The molecule has 1 aliphatic heterocycles. The predicted molar refractivity (Wildman–Crippen MR) is 145 cm³/mol. The highest BCUT2D eigenvalue weighted by Crippen LogP contribution is 2.32. The number of alkyl halides is 3. The third kappa shape index (κ3) is 7.26. The number of esters is 1. The van der Waals surface area contributed by atoms with Crippen LogP contribution in [-0.2, 0) is 25.7 Å². The lowest BCUT2D eigenvalue weighted by Crippen LogP contribution is -2.49. The number of carbonyl (C=O) groups is 1. The topological polar surface area (TPSA) is 114 Å². The van der Waals surface area contributed by atoms with E-state index < -0.39 is 39.3 Å². The van der Waals surface area contributed by atoms with Crippen molar-refractivity contribution in [3.8, 4) is 5.75 Å². The van der Waals surface area contributed by atoms with E-state index in [-0.39, 0.29) is 55.2 Å². The van der Waals surface area contributed by atoms with Crippen molar-refractivity contribution in [2.45, 2.75) is 37.4 Å². The van der Waals surface area contributed by atoms with Crippen molar-refractivity contribution in [3.63, 3.8) is 0 Å². The minimum atomic E-state index is -4.76. The monoisotopic (exact) mass is 611 g/mol. The van der Waals surface area contributed by atoms with Gasteiger partial charge in [0.2, 0.25) is 16.0 Å². The largest absolute Gasteiger partial charge is 0.476 e. The quantitative estimate of drug-likeness (QED) is 0.274. The molecule has 3 aromatic rings. The Hall–Kier alpha value is -3.98. The van der Waals surface area contributed by atoms with Crippen LogP contribution in [0.15, 0.2) is 59.5 Å². The number of hydrogen-bond donors (Lipinski definition) is 1. The lowest BCUT2D eigenvalue weighted by Gasteiger charge is -2.34. The van der Waals surface area contributed by atoms with Gasteiger partial charge in [-0.05, 0) is 69.3 Å². The minimum absolute atomic E-state index is 0.0154. The Balaban J connectivity index is 1.46. The van der Waals surface area contributed by atoms with Crippen molar-refractivity contribution in [3.05, 3.63) is 66.1 Å². The highest BCUT2D eigenvalue weighted by atomic mass is 32.2. The zero-order valence-electron chi connectivity index (χ0n) is 23.0. The van der Waals surface area contributed by atoms with Crippen LogP contribution in [0.1, 0.15) is 26.5 Å². The van der Waals surface area contributed by atoms with Gasteiger partial charge >= 0.3 is 12.1 Å². The van der Waals surface area contributed by atoms with E-state index in [1.165, 1.54) is 59.5 Å². The fourth-order valence-electron chi connectivity index (χ4n) is 4.06. The second-order valence-corrected chi connectivity index (χ2v) is 11.7. The van der Waals surface area contributed by atoms with Crippen molar-refractivity contribution >= 4 is 33.4 Å². The number of benzene rings is 2. The molecule has 0 saturated carbocycles. The lowest BCUT2D eigenvalue weighted by atomic mass is 10.1. The molecule has 1 aromatic heterocycles. The number of piperazine rings is 1. The number of carbonyl (C=O) groups excluding carboxylic acids is 1. The highest BCUT2D eigenvalue weighted by Gasteiger charge is 2.36. The fourth-order valence-corrected chi connectivity index (χ4v) is 5.49. The standard InChI is InChI=1S/C27H29F4N5O5S/c1-4-40-24(37)26(2,3)41-20-9-11-21(12-10-20)42(38,39)36-15-13-35(14-16-36)25-33-22(27(29,30)31)17-23(34-25)32-19-7-5-18(28)6-8-19/h5-12,17H,4,13-16H2,1-3H3,(H,32,33,34). The van der Waals surface area contributed by atoms with Gasteiger partial charge in [0.05, 0.1) is 11.5 Å². The van der Waals surface area contributed by atoms with E-state index in [4.69, 9.17) is 9.47 Å². The Morgan fingerprint density at radius 2 is 1.60 bits per heavy atom. The van der Waals surface area contributed by atoms with Crippen LogP contribution in [0.5, 0.6) is 5.75 Å². The summed E-state index contributed by atoms with van der Waals surface area (Å²) in [6.07, 6.45) is -4.76. The van der Waals surface area contributed by atoms with Crippen molar-refractivity contribution in [2.75, 3.05) is 43.0 Å². The summed E-state index contributed by atoms with van der Waals surface area (Å²) in [6, 6.07) is 11.3. The number of halogens is 4. The molecule has 1 aliphatic rings. The van der Waals surface area contributed by atoms with E-state index in [0.717, 1.165) is 18.2 Å². The molecule has 0 aliphatic carbocycles. The van der Waals surface area contributed by atoms with E-state index >= 15 is 0 Å². The fraction of sp³-hybridized carbons (Fsp3) is 0.370. The van der Waals surface area contributed by atoms with Gasteiger partial charge in [0.15, 0.2) is 11.3 Å². The van der Waals surface area contributed by atoms with E-state index in [2.05, 4.69) is 15.3 Å². The van der Waals surface area contributed by atoms with Crippen LogP contribution in [0.25, 0.3) is 0 Å². The average Bonchev–Trinajstić information content (AvgIpc) is 2.94. The van der Waals surface area contributed by atoms with Gasteiger partial charge in [0.25, 0.3) is 0 Å². The van der Waals surface area contributed by atoms with Gasteiger partial charge in [-0.3, -0.25) is 0 Å². The van der Waals surface area contributed by atoms with Gasteiger partial charge < -0.3 is 19.7 Å². The van der Waals surface area contributed by atoms with Crippen LogP contribution in [0, 0.1) is 5.82 Å². The summed E-state index contributed by atoms with van der Waals surface area (Å²) in [7, 11) is -3.94. The molecule has 0 bridgehead atoms. The molecule has 4 rings (SSSR count). The maximum absolute atomic E-state index is 13.6. The number of sulfonamides is 1. The normalized spacial score (nSPS) is 14.9. The van der Waals surface area contributed by atoms with Crippen molar-refractivity contribution < 1.29 is 40.2 Å². The summed E-state index contributed by atoms with van der Waals surface area (Å²) < 4.78 is 92.4. The molecule has 0 spiro atoms. The summed E-state index contributed by atoms with van der Waals surface area (Å²) in [4.78, 5) is 21.4. The van der Waals surface area contributed by atoms with Crippen LogP contribution in [-0.4, -0.2) is 67.0 Å². The number of nitrogens with one attached hydrogen (secondary N) is 1. The molecule has 2 aromatic carbocycles. The summed E-state index contributed by atoms with van der Waals surface area (Å²) in [5, 5.41) is 2.72. The summed E-state index contributed by atoms with van der Waals surface area (Å²) in [5.74, 6) is -1.18. The molecular formula is C27H29F4N5O5S. The number of hydrogen-bond acceptors (Lipinski definition) is 9. The minimum Gasteiger partial charge on any atom is -0.476 e. The Labute approximate surface area is 240 Å². The number of aromatic nitrogens is 2. The molecule has 1 saturated heterocycles. The van der Waals surface area contributed by atoms with Crippen LogP contribution in [0.4, 0.5) is 35.0 Å². The first kappa shape index (κ1) is 31.0. The molecule has 10 nitrogen and oxygen atoms in total. The van der Waals surface area contributed by atoms with Gasteiger partial charge in [-0.2, -0.15) is 22.5 Å². The van der Waals surface area contributed by atoms with Gasteiger partial charge in [0.1, 0.15) is 17.4 Å². The van der Waals surface area contributed by atoms with E-state index in [1.807, 2.05) is 0 Å². The molecule has 42 heavy (non-hydrogen) atoms. The predicted octanol–water partition coefficient (Wildman–Crippen LogP) is 4.61. The summed E-state index contributed by atoms with van der Waals surface area (Å²) in [5.41, 5.74) is -2.14. The first-order chi connectivity index (χ1) is 19.7. The highest BCUT2D eigenvalue weighted by molar-refractivity contribution is 7.89. The second-order valence-electron chi connectivity index (χ2n) is 9.76. The number of rotatable bonds is 9. The zero-order valence-corrected chi connectivity index (χ0v) is 23.8. The molecule has 226 valence electrons. The molecule has 1 N–H and O–H groups in total. The van der Waals surface area contributed by atoms with Crippen LogP contribution < -0.4 is 15.0 Å². The smallest absolute Gasteiger partial charge is 0.433 e. The van der Waals surface area contributed by atoms with Crippen molar-refractivity contribution in [1.82, 2.24) is 14.3 Å². The maximum atomic E-state index is 13.6. The molecule has 15 heteroatoms. The number of ether oxygens (including phenoxy) is 2. The number of nitrogens with zero attached hydrogens (tertiary/aromatic N) is 4. The van der Waals surface area contributed by atoms with E-state index in [0.29, 0.717) is 5.69 Å². The zero-order chi connectivity index (χ0) is 30.7. The van der Waals surface area contributed by atoms with Crippen molar-refractivity contribution in [2.24, 2.45) is 0 Å². The first-order valence-corrected chi connectivity index (χ1v) is 14.3. The molecule has 0 unspecified atom stereocenters. The second kappa shape index (κ2) is 12.1.